The van der Waals surface area contributed by atoms with Crippen LogP contribution in [0.4, 0.5) is 13.2 Å². The van der Waals surface area contributed by atoms with E-state index in [1.54, 1.807) is 13.0 Å². The van der Waals surface area contributed by atoms with Gasteiger partial charge in [0.2, 0.25) is 0 Å². The molecule has 1 rings (SSSR count). The summed E-state index contributed by atoms with van der Waals surface area (Å²) in [5.41, 5.74) is 0.0101. The van der Waals surface area contributed by atoms with Crippen molar-refractivity contribution in [3.05, 3.63) is 28.5 Å². The molecule has 1 heterocycles. The normalized spacial score (nSPS) is 11.4. The lowest BCUT2D eigenvalue weighted by Crippen LogP contribution is -2.39. The molecule has 3 nitrogen and oxygen atoms in total. The zero-order chi connectivity index (χ0) is 13.8. The molecule has 100 valence electrons. The van der Waals surface area contributed by atoms with Crippen molar-refractivity contribution in [3.8, 4) is 0 Å². The third-order valence-electron chi connectivity index (χ3n) is 2.10. The maximum absolute atomic E-state index is 12.3. The summed E-state index contributed by atoms with van der Waals surface area (Å²) in [7, 11) is 0. The average Bonchev–Trinajstić information content (AvgIpc) is 2.27. The molecule has 0 atom stereocenters. The van der Waals surface area contributed by atoms with Gasteiger partial charge in [-0.15, -0.1) is 0 Å². The Morgan fingerprint density at radius 3 is 2.56 bits per heavy atom. The van der Waals surface area contributed by atoms with E-state index in [1.165, 1.54) is 12.3 Å². The Morgan fingerprint density at radius 1 is 1.44 bits per heavy atom. The van der Waals surface area contributed by atoms with E-state index < -0.39 is 18.6 Å². The number of alkyl halides is 3. The Labute approximate surface area is 111 Å². The quantitative estimate of drug-likeness (QED) is 0.851. The lowest BCUT2D eigenvalue weighted by atomic mass is 10.3. The summed E-state index contributed by atoms with van der Waals surface area (Å²) in [6, 6.07) is 2.96. The molecule has 0 saturated heterocycles. The predicted octanol–water partition coefficient (Wildman–Crippen LogP) is 3.26. The van der Waals surface area contributed by atoms with Crippen molar-refractivity contribution in [1.29, 1.82) is 0 Å². The molecule has 18 heavy (non-hydrogen) atoms. The molecule has 0 saturated carbocycles. The van der Waals surface area contributed by atoms with E-state index in [9.17, 15) is 18.0 Å². The summed E-state index contributed by atoms with van der Waals surface area (Å²) in [6.45, 7) is 0.513. The third-order valence-corrected chi connectivity index (χ3v) is 2.57. The van der Waals surface area contributed by atoms with Gasteiger partial charge >= 0.3 is 6.18 Å². The topological polar surface area (TPSA) is 33.2 Å². The molecule has 0 aliphatic heterocycles. The van der Waals surface area contributed by atoms with Crippen molar-refractivity contribution in [2.45, 2.75) is 19.5 Å². The fourth-order valence-electron chi connectivity index (χ4n) is 1.40. The number of halogens is 4. The van der Waals surface area contributed by atoms with Crippen molar-refractivity contribution in [2.75, 3.05) is 13.1 Å². The summed E-state index contributed by atoms with van der Waals surface area (Å²) in [5.74, 6) is -0.707. The fourth-order valence-corrected chi connectivity index (χ4v) is 1.64. The summed E-state index contributed by atoms with van der Waals surface area (Å²) in [5, 5.41) is 0. The first kappa shape index (κ1) is 14.9. The highest BCUT2D eigenvalue weighted by molar-refractivity contribution is 9.10. The second-order valence-electron chi connectivity index (χ2n) is 3.70. The summed E-state index contributed by atoms with van der Waals surface area (Å²) >= 11 is 3.14. The van der Waals surface area contributed by atoms with E-state index in [0.717, 1.165) is 4.90 Å². The van der Waals surface area contributed by atoms with Gasteiger partial charge in [-0.2, -0.15) is 13.2 Å². The predicted molar refractivity (Wildman–Crippen MR) is 64.2 cm³/mol. The van der Waals surface area contributed by atoms with Gasteiger partial charge in [-0.25, -0.2) is 4.98 Å². The molecule has 0 aliphatic rings. The van der Waals surface area contributed by atoms with Gasteiger partial charge in [-0.3, -0.25) is 4.79 Å². The number of hydrogen-bond acceptors (Lipinski definition) is 2. The van der Waals surface area contributed by atoms with Crippen LogP contribution in [0.5, 0.6) is 0 Å². The summed E-state index contributed by atoms with van der Waals surface area (Å²) < 4.78 is 37.7. The molecular formula is C11H12BrF3N2O. The molecule has 1 amide bonds. The van der Waals surface area contributed by atoms with Gasteiger partial charge in [-0.1, -0.05) is 6.92 Å². The van der Waals surface area contributed by atoms with Crippen LogP contribution in [0.3, 0.4) is 0 Å². The first-order chi connectivity index (χ1) is 8.33. The van der Waals surface area contributed by atoms with Crippen molar-refractivity contribution >= 4 is 21.8 Å². The highest BCUT2D eigenvalue weighted by Gasteiger charge is 2.33. The molecule has 7 heteroatoms. The van der Waals surface area contributed by atoms with Crippen LogP contribution in [0, 0.1) is 0 Å². The largest absolute Gasteiger partial charge is 0.406 e. The number of hydrogen-bond donors (Lipinski definition) is 0. The molecule has 0 spiro atoms. The Bertz CT molecular complexity index is 406. The molecule has 0 fully saturated rings. The van der Waals surface area contributed by atoms with Gasteiger partial charge in [-0.05, 0) is 34.5 Å². The molecular weight excluding hydrogens is 313 g/mol. The highest BCUT2D eigenvalue weighted by atomic mass is 79.9. The second-order valence-corrected chi connectivity index (χ2v) is 4.62. The number of nitrogens with zero attached hydrogens (tertiary/aromatic N) is 2. The van der Waals surface area contributed by atoms with Crippen LogP contribution >= 0.6 is 15.9 Å². The number of amides is 1. The standard InChI is InChI=1S/C11H12BrF3N2O/c1-2-5-17(7-11(13,14)15)10(18)9-4-3-8(12)6-16-9/h3-4,6H,2,5,7H2,1H3. The molecule has 0 radical (unpaired) electrons. The minimum absolute atomic E-state index is 0.0101. The molecule has 0 aliphatic carbocycles. The minimum Gasteiger partial charge on any atom is -0.328 e. The number of carbonyl (C=O) groups is 1. The van der Waals surface area contributed by atoms with Gasteiger partial charge < -0.3 is 4.90 Å². The van der Waals surface area contributed by atoms with E-state index in [2.05, 4.69) is 20.9 Å². The number of carbonyl (C=O) groups excluding carboxylic acids is 1. The van der Waals surface area contributed by atoms with Crippen molar-refractivity contribution in [1.82, 2.24) is 9.88 Å². The number of rotatable bonds is 4. The Balaban J connectivity index is 2.85. The first-order valence-electron chi connectivity index (χ1n) is 5.31. The fraction of sp³-hybridized carbons (Fsp3) is 0.455. The lowest BCUT2D eigenvalue weighted by Gasteiger charge is -2.22. The lowest BCUT2D eigenvalue weighted by molar-refractivity contribution is -0.140. The Morgan fingerprint density at radius 2 is 2.11 bits per heavy atom. The van der Waals surface area contributed by atoms with E-state index in [4.69, 9.17) is 0 Å². The zero-order valence-corrected chi connectivity index (χ0v) is 11.3. The zero-order valence-electron chi connectivity index (χ0n) is 9.67. The van der Waals surface area contributed by atoms with Crippen LogP contribution in [0.1, 0.15) is 23.8 Å². The van der Waals surface area contributed by atoms with E-state index in [1.807, 2.05) is 0 Å². The average molecular weight is 325 g/mol. The summed E-state index contributed by atoms with van der Waals surface area (Å²) in [4.78, 5) is 16.4. The number of aromatic nitrogens is 1. The van der Waals surface area contributed by atoms with Gasteiger partial charge in [0.05, 0.1) is 0 Å². The van der Waals surface area contributed by atoms with Crippen LogP contribution in [-0.2, 0) is 0 Å². The molecule has 1 aromatic heterocycles. The van der Waals surface area contributed by atoms with E-state index in [-0.39, 0.29) is 12.2 Å². The first-order valence-corrected chi connectivity index (χ1v) is 6.10. The van der Waals surface area contributed by atoms with E-state index in [0.29, 0.717) is 10.9 Å². The summed E-state index contributed by atoms with van der Waals surface area (Å²) in [6.07, 6.45) is -2.57. The minimum atomic E-state index is -4.40. The van der Waals surface area contributed by atoms with Gasteiger partial charge in [0.25, 0.3) is 5.91 Å². The van der Waals surface area contributed by atoms with Crippen molar-refractivity contribution in [2.24, 2.45) is 0 Å². The van der Waals surface area contributed by atoms with Crippen molar-refractivity contribution in [3.63, 3.8) is 0 Å². The second kappa shape index (κ2) is 6.17. The Hall–Kier alpha value is -1.11. The van der Waals surface area contributed by atoms with Gasteiger partial charge in [0.1, 0.15) is 12.2 Å². The maximum atomic E-state index is 12.3. The van der Waals surface area contributed by atoms with Crippen LogP contribution in [0.25, 0.3) is 0 Å². The van der Waals surface area contributed by atoms with Gasteiger partial charge in [0.15, 0.2) is 0 Å². The molecule has 0 bridgehead atoms. The molecule has 0 unspecified atom stereocenters. The van der Waals surface area contributed by atoms with E-state index >= 15 is 0 Å². The SMILES string of the molecule is CCCN(CC(F)(F)F)C(=O)c1ccc(Br)cn1. The number of pyridine rings is 1. The third kappa shape index (κ3) is 4.64. The van der Waals surface area contributed by atoms with Crippen LogP contribution < -0.4 is 0 Å². The van der Waals surface area contributed by atoms with Crippen LogP contribution in [0.2, 0.25) is 0 Å². The van der Waals surface area contributed by atoms with Crippen molar-refractivity contribution < 1.29 is 18.0 Å². The van der Waals surface area contributed by atoms with Crippen LogP contribution in [0.15, 0.2) is 22.8 Å². The Kier molecular flexibility index (Phi) is 5.13. The van der Waals surface area contributed by atoms with Gasteiger partial charge in [0, 0.05) is 17.2 Å². The molecule has 0 N–H and O–H groups in total. The van der Waals surface area contributed by atoms with Crippen LogP contribution in [-0.4, -0.2) is 35.1 Å². The molecule has 1 aromatic rings. The monoisotopic (exact) mass is 324 g/mol. The molecule has 0 aromatic carbocycles. The highest BCUT2D eigenvalue weighted by Crippen LogP contribution is 2.18. The maximum Gasteiger partial charge on any atom is 0.406 e. The smallest absolute Gasteiger partial charge is 0.328 e.